The molecular weight excluding hydrogens is 212 g/mol. The molecule has 17 heavy (non-hydrogen) atoms. The molecule has 0 aromatic heterocycles. The minimum atomic E-state index is -0.0371. The summed E-state index contributed by atoms with van der Waals surface area (Å²) in [6, 6.07) is -0.0371. The van der Waals surface area contributed by atoms with Crippen LogP contribution in [0.2, 0.25) is 0 Å². The van der Waals surface area contributed by atoms with Crippen LogP contribution in [0, 0.1) is 10.8 Å². The largest absolute Gasteiger partial charge is 0.345 e. The lowest BCUT2D eigenvalue weighted by Crippen LogP contribution is -2.38. The molecule has 3 nitrogen and oxygen atoms in total. The molecule has 1 unspecified atom stereocenters. The summed E-state index contributed by atoms with van der Waals surface area (Å²) in [5, 5.41) is 0. The SMILES string of the molecule is CN(CC(C)(C)C)C(=O)CC(N)CC(C)(C)C. The average Bonchev–Trinajstić information content (AvgIpc) is 1.95. The summed E-state index contributed by atoms with van der Waals surface area (Å²) in [6.45, 7) is 13.6. The second kappa shape index (κ2) is 5.85. The van der Waals surface area contributed by atoms with Gasteiger partial charge in [-0.25, -0.2) is 0 Å². The molecule has 0 aromatic rings. The molecule has 0 aliphatic heterocycles. The topological polar surface area (TPSA) is 46.3 Å². The fraction of sp³-hybridized carbons (Fsp3) is 0.929. The van der Waals surface area contributed by atoms with Crippen molar-refractivity contribution in [2.45, 2.75) is 60.4 Å². The van der Waals surface area contributed by atoms with Crippen molar-refractivity contribution in [2.24, 2.45) is 16.6 Å². The lowest BCUT2D eigenvalue weighted by Gasteiger charge is -2.29. The van der Waals surface area contributed by atoms with Gasteiger partial charge in [-0.3, -0.25) is 4.79 Å². The van der Waals surface area contributed by atoms with Gasteiger partial charge in [0.2, 0.25) is 5.91 Å². The zero-order valence-electron chi connectivity index (χ0n) is 12.6. The van der Waals surface area contributed by atoms with Crippen LogP contribution in [0.1, 0.15) is 54.4 Å². The van der Waals surface area contributed by atoms with Gasteiger partial charge in [0, 0.05) is 26.1 Å². The second-order valence-corrected chi connectivity index (χ2v) is 7.54. The maximum Gasteiger partial charge on any atom is 0.223 e. The fourth-order valence-electron chi connectivity index (χ4n) is 2.04. The third-order valence-corrected chi connectivity index (χ3v) is 2.45. The first-order valence-electron chi connectivity index (χ1n) is 6.40. The van der Waals surface area contributed by atoms with E-state index in [1.807, 2.05) is 7.05 Å². The van der Waals surface area contributed by atoms with Gasteiger partial charge in [-0.2, -0.15) is 0 Å². The van der Waals surface area contributed by atoms with Crippen molar-refractivity contribution in [3.05, 3.63) is 0 Å². The van der Waals surface area contributed by atoms with Crippen molar-refractivity contribution >= 4 is 5.91 Å². The molecule has 0 bridgehead atoms. The van der Waals surface area contributed by atoms with Crippen molar-refractivity contribution < 1.29 is 4.79 Å². The van der Waals surface area contributed by atoms with Gasteiger partial charge in [-0.05, 0) is 17.3 Å². The van der Waals surface area contributed by atoms with Gasteiger partial charge < -0.3 is 10.6 Å². The van der Waals surface area contributed by atoms with Crippen LogP contribution in [0.3, 0.4) is 0 Å². The van der Waals surface area contributed by atoms with E-state index in [0.717, 1.165) is 13.0 Å². The predicted molar refractivity (Wildman–Crippen MR) is 73.8 cm³/mol. The number of nitrogens with zero attached hydrogens (tertiary/aromatic N) is 1. The highest BCUT2D eigenvalue weighted by Crippen LogP contribution is 2.21. The number of amides is 1. The Morgan fingerprint density at radius 3 is 1.94 bits per heavy atom. The molecule has 1 atom stereocenters. The van der Waals surface area contributed by atoms with Crippen LogP contribution in [-0.4, -0.2) is 30.4 Å². The van der Waals surface area contributed by atoms with Gasteiger partial charge >= 0.3 is 0 Å². The Bertz CT molecular complexity index is 248. The van der Waals surface area contributed by atoms with Gasteiger partial charge in [0.05, 0.1) is 0 Å². The Kier molecular flexibility index (Phi) is 5.66. The van der Waals surface area contributed by atoms with Crippen LogP contribution in [-0.2, 0) is 4.79 Å². The number of carbonyl (C=O) groups is 1. The highest BCUT2D eigenvalue weighted by molar-refractivity contribution is 5.76. The number of hydrogen-bond donors (Lipinski definition) is 1. The van der Waals surface area contributed by atoms with Crippen LogP contribution in [0.15, 0.2) is 0 Å². The molecular formula is C14H30N2O. The minimum Gasteiger partial charge on any atom is -0.345 e. The summed E-state index contributed by atoms with van der Waals surface area (Å²) in [5.74, 6) is 0.150. The Balaban J connectivity index is 4.17. The van der Waals surface area contributed by atoms with E-state index in [9.17, 15) is 4.79 Å². The maximum absolute atomic E-state index is 12.0. The highest BCUT2D eigenvalue weighted by atomic mass is 16.2. The van der Waals surface area contributed by atoms with E-state index in [0.29, 0.717) is 6.42 Å². The first-order valence-corrected chi connectivity index (χ1v) is 6.40. The van der Waals surface area contributed by atoms with Crippen LogP contribution >= 0.6 is 0 Å². The molecule has 3 heteroatoms. The molecule has 1 amide bonds. The number of hydrogen-bond acceptors (Lipinski definition) is 2. The molecule has 0 saturated heterocycles. The smallest absolute Gasteiger partial charge is 0.223 e. The molecule has 0 rings (SSSR count). The van der Waals surface area contributed by atoms with E-state index in [1.54, 1.807) is 4.90 Å². The molecule has 0 heterocycles. The molecule has 0 spiro atoms. The lowest BCUT2D eigenvalue weighted by molar-refractivity contribution is -0.131. The first kappa shape index (κ1) is 16.4. The highest BCUT2D eigenvalue weighted by Gasteiger charge is 2.22. The third kappa shape index (κ3) is 9.16. The summed E-state index contributed by atoms with van der Waals surface area (Å²) in [4.78, 5) is 13.8. The van der Waals surface area contributed by atoms with Crippen molar-refractivity contribution in [1.82, 2.24) is 4.90 Å². The van der Waals surface area contributed by atoms with Crippen molar-refractivity contribution in [2.75, 3.05) is 13.6 Å². The van der Waals surface area contributed by atoms with Gasteiger partial charge in [-0.1, -0.05) is 41.5 Å². The van der Waals surface area contributed by atoms with Gasteiger partial charge in [0.25, 0.3) is 0 Å². The van der Waals surface area contributed by atoms with E-state index < -0.39 is 0 Å². The molecule has 0 saturated carbocycles. The number of rotatable bonds is 4. The molecule has 102 valence electrons. The fourth-order valence-corrected chi connectivity index (χ4v) is 2.04. The van der Waals surface area contributed by atoms with Crippen molar-refractivity contribution in [3.63, 3.8) is 0 Å². The summed E-state index contributed by atoms with van der Waals surface area (Å²) < 4.78 is 0. The molecule has 0 fully saturated rings. The average molecular weight is 242 g/mol. The number of carbonyl (C=O) groups excluding carboxylic acids is 1. The standard InChI is InChI=1S/C14H30N2O/c1-13(2,3)9-11(15)8-12(17)16(7)10-14(4,5)6/h11H,8-10,15H2,1-7H3. The zero-order chi connectivity index (χ0) is 13.9. The van der Waals surface area contributed by atoms with Crippen molar-refractivity contribution in [3.8, 4) is 0 Å². The van der Waals surface area contributed by atoms with Crippen LogP contribution in [0.4, 0.5) is 0 Å². The summed E-state index contributed by atoms with van der Waals surface area (Å²) in [5.41, 5.74) is 6.34. The Morgan fingerprint density at radius 2 is 1.59 bits per heavy atom. The summed E-state index contributed by atoms with van der Waals surface area (Å²) in [7, 11) is 1.86. The Hall–Kier alpha value is -0.570. The van der Waals surface area contributed by atoms with Crippen molar-refractivity contribution in [1.29, 1.82) is 0 Å². The molecule has 0 aromatic carbocycles. The van der Waals surface area contributed by atoms with E-state index in [2.05, 4.69) is 41.5 Å². The lowest BCUT2D eigenvalue weighted by atomic mass is 9.87. The Labute approximate surface area is 107 Å². The normalized spacial score (nSPS) is 14.6. The van der Waals surface area contributed by atoms with E-state index in [4.69, 9.17) is 5.73 Å². The minimum absolute atomic E-state index is 0.0371. The first-order chi connectivity index (χ1) is 7.41. The summed E-state index contributed by atoms with van der Waals surface area (Å²) >= 11 is 0. The monoisotopic (exact) mass is 242 g/mol. The van der Waals surface area contributed by atoms with E-state index >= 15 is 0 Å². The molecule has 2 N–H and O–H groups in total. The van der Waals surface area contributed by atoms with Gasteiger partial charge in [0.1, 0.15) is 0 Å². The van der Waals surface area contributed by atoms with E-state index in [-0.39, 0.29) is 22.8 Å². The quantitative estimate of drug-likeness (QED) is 0.824. The third-order valence-electron chi connectivity index (χ3n) is 2.45. The van der Waals surface area contributed by atoms with Gasteiger partial charge in [-0.15, -0.1) is 0 Å². The summed E-state index contributed by atoms with van der Waals surface area (Å²) in [6.07, 6.45) is 1.33. The Morgan fingerprint density at radius 1 is 1.12 bits per heavy atom. The zero-order valence-corrected chi connectivity index (χ0v) is 12.6. The molecule has 0 aliphatic rings. The molecule has 0 radical (unpaired) electrons. The maximum atomic E-state index is 12.0. The van der Waals surface area contributed by atoms with Crippen LogP contribution < -0.4 is 5.73 Å². The number of nitrogens with two attached hydrogens (primary N) is 1. The van der Waals surface area contributed by atoms with Crippen LogP contribution in [0.25, 0.3) is 0 Å². The van der Waals surface area contributed by atoms with E-state index in [1.165, 1.54) is 0 Å². The molecule has 0 aliphatic carbocycles. The second-order valence-electron chi connectivity index (χ2n) is 7.54. The van der Waals surface area contributed by atoms with Crippen LogP contribution in [0.5, 0.6) is 0 Å². The predicted octanol–water partition coefficient (Wildman–Crippen LogP) is 2.64. The van der Waals surface area contributed by atoms with Gasteiger partial charge in [0.15, 0.2) is 0 Å².